The van der Waals surface area contributed by atoms with Crippen molar-refractivity contribution in [2.45, 2.75) is 18.8 Å². The molecule has 7 heteroatoms. The number of hydrogen-bond donors (Lipinski definition) is 2. The maximum absolute atomic E-state index is 14.8. The highest BCUT2D eigenvalue weighted by atomic mass is 35.5. The van der Waals surface area contributed by atoms with Crippen molar-refractivity contribution in [3.8, 4) is 5.75 Å². The lowest BCUT2D eigenvalue weighted by atomic mass is 10.0. The van der Waals surface area contributed by atoms with Crippen molar-refractivity contribution in [1.82, 2.24) is 4.98 Å². The topological polar surface area (TPSA) is 85.2 Å². The molecule has 1 aliphatic rings. The molecule has 1 amide bonds. The van der Waals surface area contributed by atoms with Gasteiger partial charge in [0.1, 0.15) is 5.75 Å². The normalized spacial score (nSPS) is 13.6. The fraction of sp³-hybridized carbons (Fsp3) is 0.167. The van der Waals surface area contributed by atoms with Gasteiger partial charge in [-0.05, 0) is 59.4 Å². The molecule has 4 aromatic rings. The van der Waals surface area contributed by atoms with Gasteiger partial charge in [-0.2, -0.15) is 0 Å². The van der Waals surface area contributed by atoms with Crippen molar-refractivity contribution in [1.29, 1.82) is 0 Å². The van der Waals surface area contributed by atoms with E-state index in [0.29, 0.717) is 27.1 Å². The minimum Gasteiger partial charge on any atom is -0.485 e. The number of H-pyrrole nitrogens is 1. The molecule has 31 heavy (non-hydrogen) atoms. The van der Waals surface area contributed by atoms with E-state index in [1.54, 1.807) is 42.5 Å². The van der Waals surface area contributed by atoms with E-state index in [0.717, 1.165) is 23.6 Å². The van der Waals surface area contributed by atoms with Crippen LogP contribution >= 0.6 is 11.6 Å². The Labute approximate surface area is 181 Å². The molecule has 0 unspecified atom stereocenters. The molecule has 1 heterocycles. The van der Waals surface area contributed by atoms with Crippen LogP contribution in [0, 0.1) is 5.82 Å². The quantitative estimate of drug-likeness (QED) is 0.399. The highest BCUT2D eigenvalue weighted by Gasteiger charge is 2.28. The predicted octanol–water partition coefficient (Wildman–Crippen LogP) is 5.35. The van der Waals surface area contributed by atoms with Gasteiger partial charge in [-0.15, -0.1) is 0 Å². The standard InChI is InChI=1S/C24H18ClFN2O3/c25-15-4-3-13-9-21(18(24(27)30)8-14(13)7-15)31-11-20(29)19-10-28-23-17(19)6-5-16(22(23)26)12-1-2-12/h3-10,12,28H,1-2,11H2,(H2,27,30). The molecule has 5 rings (SSSR count). The maximum atomic E-state index is 14.8. The molecule has 1 saturated carbocycles. The molecule has 0 radical (unpaired) electrons. The first-order chi connectivity index (χ1) is 14.9. The Balaban J connectivity index is 1.43. The summed E-state index contributed by atoms with van der Waals surface area (Å²) in [5.74, 6) is -0.838. The molecule has 1 aromatic heterocycles. The third-order valence-electron chi connectivity index (χ3n) is 5.67. The number of benzene rings is 3. The number of ether oxygens (including phenoxy) is 1. The SMILES string of the molecule is NC(=O)c1cc2cc(Cl)ccc2cc1OCC(=O)c1c[nH]c2c(F)c(C3CC3)ccc12. The van der Waals surface area contributed by atoms with Gasteiger partial charge in [0.25, 0.3) is 5.91 Å². The van der Waals surface area contributed by atoms with Crippen LogP contribution in [0.25, 0.3) is 21.7 Å². The summed E-state index contributed by atoms with van der Waals surface area (Å²) >= 11 is 6.02. The zero-order chi connectivity index (χ0) is 21.7. The highest BCUT2D eigenvalue weighted by Crippen LogP contribution is 2.42. The van der Waals surface area contributed by atoms with Crippen molar-refractivity contribution in [2.24, 2.45) is 5.73 Å². The molecule has 0 spiro atoms. The minimum atomic E-state index is -0.675. The van der Waals surface area contributed by atoms with Crippen molar-refractivity contribution < 1.29 is 18.7 Å². The van der Waals surface area contributed by atoms with Crippen LogP contribution in [-0.4, -0.2) is 23.3 Å². The summed E-state index contributed by atoms with van der Waals surface area (Å²) in [5.41, 5.74) is 7.00. The summed E-state index contributed by atoms with van der Waals surface area (Å²) in [6, 6.07) is 12.0. The first kappa shape index (κ1) is 19.6. The fourth-order valence-corrected chi connectivity index (χ4v) is 4.08. The van der Waals surface area contributed by atoms with Gasteiger partial charge in [-0.1, -0.05) is 29.8 Å². The molecular formula is C24H18ClFN2O3. The van der Waals surface area contributed by atoms with Crippen molar-refractivity contribution >= 4 is 45.0 Å². The van der Waals surface area contributed by atoms with Gasteiger partial charge >= 0.3 is 0 Å². The summed E-state index contributed by atoms with van der Waals surface area (Å²) in [7, 11) is 0. The maximum Gasteiger partial charge on any atom is 0.252 e. The van der Waals surface area contributed by atoms with Crippen molar-refractivity contribution in [3.05, 3.63) is 76.2 Å². The Morgan fingerprint density at radius 3 is 2.65 bits per heavy atom. The van der Waals surface area contributed by atoms with Crippen LogP contribution in [0.4, 0.5) is 4.39 Å². The lowest BCUT2D eigenvalue weighted by Gasteiger charge is -2.11. The first-order valence-corrected chi connectivity index (χ1v) is 10.3. The number of hydrogen-bond acceptors (Lipinski definition) is 3. The molecule has 1 aliphatic carbocycles. The van der Waals surface area contributed by atoms with Crippen LogP contribution in [0.1, 0.15) is 45.0 Å². The molecule has 0 bridgehead atoms. The van der Waals surface area contributed by atoms with Crippen molar-refractivity contribution in [2.75, 3.05) is 6.61 Å². The number of fused-ring (bicyclic) bond motifs is 2. The van der Waals surface area contributed by atoms with E-state index in [1.165, 1.54) is 6.20 Å². The molecule has 0 saturated heterocycles. The summed E-state index contributed by atoms with van der Waals surface area (Å²) in [6.07, 6.45) is 3.47. The Bertz CT molecular complexity index is 1370. The molecule has 0 aliphatic heterocycles. The highest BCUT2D eigenvalue weighted by molar-refractivity contribution is 6.31. The fourth-order valence-electron chi connectivity index (χ4n) is 3.90. The Morgan fingerprint density at radius 2 is 1.90 bits per heavy atom. The number of carbonyl (C=O) groups is 2. The monoisotopic (exact) mass is 436 g/mol. The van der Waals surface area contributed by atoms with E-state index >= 15 is 0 Å². The number of aromatic nitrogens is 1. The van der Waals surface area contributed by atoms with Crippen LogP contribution in [0.5, 0.6) is 5.75 Å². The summed E-state index contributed by atoms with van der Waals surface area (Å²) in [4.78, 5) is 27.6. The van der Waals surface area contributed by atoms with Gasteiger partial charge in [-0.25, -0.2) is 4.39 Å². The summed E-state index contributed by atoms with van der Waals surface area (Å²) in [5, 5.41) is 2.57. The predicted molar refractivity (Wildman–Crippen MR) is 118 cm³/mol. The van der Waals surface area contributed by atoms with Gasteiger partial charge in [0.2, 0.25) is 5.78 Å². The van der Waals surface area contributed by atoms with E-state index in [2.05, 4.69) is 4.98 Å². The van der Waals surface area contributed by atoms with Gasteiger partial charge in [-0.3, -0.25) is 9.59 Å². The van der Waals surface area contributed by atoms with Crippen LogP contribution in [0.3, 0.4) is 0 Å². The average Bonchev–Trinajstić information content (AvgIpc) is 3.49. The van der Waals surface area contributed by atoms with E-state index in [9.17, 15) is 14.0 Å². The van der Waals surface area contributed by atoms with Crippen LogP contribution < -0.4 is 10.5 Å². The second-order valence-corrected chi connectivity index (χ2v) is 8.22. The number of rotatable bonds is 6. The third kappa shape index (κ3) is 3.53. The number of Topliss-reactive ketones (excluding diaryl/α,β-unsaturated/α-hetero) is 1. The largest absolute Gasteiger partial charge is 0.485 e. The number of ketones is 1. The molecule has 5 nitrogen and oxygen atoms in total. The lowest BCUT2D eigenvalue weighted by molar-refractivity contribution is 0.0914. The van der Waals surface area contributed by atoms with Crippen LogP contribution in [0.2, 0.25) is 5.02 Å². The van der Waals surface area contributed by atoms with E-state index in [1.807, 2.05) is 0 Å². The number of primary amides is 1. The first-order valence-electron chi connectivity index (χ1n) is 9.91. The number of carbonyl (C=O) groups excluding carboxylic acids is 2. The Morgan fingerprint density at radius 1 is 1.10 bits per heavy atom. The number of aromatic amines is 1. The van der Waals surface area contributed by atoms with E-state index < -0.39 is 5.91 Å². The summed E-state index contributed by atoms with van der Waals surface area (Å²) < 4.78 is 20.5. The number of nitrogens with one attached hydrogen (secondary N) is 1. The molecule has 0 atom stereocenters. The van der Waals surface area contributed by atoms with Gasteiger partial charge in [0.05, 0.1) is 11.1 Å². The number of halogens is 2. The smallest absolute Gasteiger partial charge is 0.252 e. The minimum absolute atomic E-state index is 0.154. The average molecular weight is 437 g/mol. The second kappa shape index (κ2) is 7.39. The molecule has 156 valence electrons. The Kier molecular flexibility index (Phi) is 4.67. The van der Waals surface area contributed by atoms with E-state index in [4.69, 9.17) is 22.1 Å². The van der Waals surface area contributed by atoms with Crippen LogP contribution in [0.15, 0.2) is 48.7 Å². The molecule has 3 N–H and O–H groups in total. The second-order valence-electron chi connectivity index (χ2n) is 7.78. The molecule has 3 aromatic carbocycles. The third-order valence-corrected chi connectivity index (χ3v) is 5.90. The number of nitrogens with two attached hydrogens (primary N) is 1. The van der Waals surface area contributed by atoms with E-state index in [-0.39, 0.29) is 35.4 Å². The Hall–Kier alpha value is -3.38. The van der Waals surface area contributed by atoms with Crippen LogP contribution in [-0.2, 0) is 0 Å². The lowest BCUT2D eigenvalue weighted by Crippen LogP contribution is -2.16. The number of amides is 1. The van der Waals surface area contributed by atoms with Gasteiger partial charge < -0.3 is 15.5 Å². The zero-order valence-electron chi connectivity index (χ0n) is 16.4. The van der Waals surface area contributed by atoms with Crippen molar-refractivity contribution in [3.63, 3.8) is 0 Å². The van der Waals surface area contributed by atoms with Gasteiger partial charge in [0.15, 0.2) is 12.4 Å². The van der Waals surface area contributed by atoms with Gasteiger partial charge in [0, 0.05) is 22.2 Å². The molecule has 1 fully saturated rings. The zero-order valence-corrected chi connectivity index (χ0v) is 17.1. The molecular weight excluding hydrogens is 419 g/mol. The summed E-state index contributed by atoms with van der Waals surface area (Å²) in [6.45, 7) is -0.321.